The van der Waals surface area contributed by atoms with Crippen molar-refractivity contribution in [2.45, 2.75) is 0 Å². The Morgan fingerprint density at radius 1 is 0.257 bits per heavy atom. The lowest BCUT2D eigenvalue weighted by Gasteiger charge is -2.26. The number of para-hydroxylation sites is 4. The SMILES string of the molecule is N#Cc1ccc(-n2c3ccc(N(c4ccccc4)c4cccc(-c5ccc(-c6ccc7c(c6)c6c8oc9ccccc9c8ccc6n7-c6ccc(C#N)c(C#N)c6-n6c7ccc(-c8ccccc8)cc7c7c8oc9ccccc9c8ccc76)cc5)c4)cc3c3c4oc5ccccc5c4ccc32)c(C#N)c1. The molecule has 11 nitrogen and oxygen atoms in total. The zero-order chi connectivity index (χ0) is 69.7. The minimum absolute atomic E-state index is 0.241. The van der Waals surface area contributed by atoms with Crippen molar-refractivity contribution >= 4 is 148 Å². The number of rotatable bonds is 9. The number of hydrogen-bond acceptors (Lipinski definition) is 8. The second-order valence-electron chi connectivity index (χ2n) is 26.7. The molecule has 105 heavy (non-hydrogen) atoms. The summed E-state index contributed by atoms with van der Waals surface area (Å²) in [6.45, 7) is 0. The van der Waals surface area contributed by atoms with Crippen LogP contribution in [-0.4, -0.2) is 13.7 Å². The topological polar surface area (TPSA) is 153 Å². The lowest BCUT2D eigenvalue weighted by Crippen LogP contribution is -2.10. The minimum Gasteiger partial charge on any atom is -0.455 e. The van der Waals surface area contributed by atoms with Crippen LogP contribution in [0.5, 0.6) is 0 Å². The van der Waals surface area contributed by atoms with E-state index in [1.54, 1.807) is 18.2 Å². The Morgan fingerprint density at radius 2 is 0.676 bits per heavy atom. The van der Waals surface area contributed by atoms with Gasteiger partial charge in [0.15, 0.2) is 0 Å². The zero-order valence-electron chi connectivity index (χ0n) is 55.7. The molecule has 0 aliphatic rings. The predicted molar refractivity (Wildman–Crippen MR) is 421 cm³/mol. The molecule has 0 radical (unpaired) electrons. The fourth-order valence-electron chi connectivity index (χ4n) is 16.5. The van der Waals surface area contributed by atoms with Gasteiger partial charge in [0.05, 0.1) is 94.6 Å². The highest BCUT2D eigenvalue weighted by atomic mass is 16.3. The molecule has 0 spiro atoms. The summed E-state index contributed by atoms with van der Waals surface area (Å²) in [4.78, 5) is 2.28. The normalized spacial score (nSPS) is 11.8. The number of aromatic nitrogens is 3. The highest BCUT2D eigenvalue weighted by Crippen LogP contribution is 2.49. The maximum atomic E-state index is 11.6. The van der Waals surface area contributed by atoms with Crippen LogP contribution in [0.1, 0.15) is 22.3 Å². The van der Waals surface area contributed by atoms with E-state index in [1.165, 1.54) is 0 Å². The quantitative estimate of drug-likeness (QED) is 0.138. The monoisotopic (exact) mass is 1340 g/mol. The van der Waals surface area contributed by atoms with Gasteiger partial charge in [0.1, 0.15) is 51.7 Å². The number of nitriles is 4. The summed E-state index contributed by atoms with van der Waals surface area (Å²) in [6.07, 6.45) is 0. The van der Waals surface area contributed by atoms with E-state index in [9.17, 15) is 21.0 Å². The highest BCUT2D eigenvalue weighted by Gasteiger charge is 2.29. The molecule has 0 atom stereocenters. The van der Waals surface area contributed by atoms with Gasteiger partial charge in [-0.05, 0) is 185 Å². The second kappa shape index (κ2) is 22.7. The molecule has 15 aromatic carbocycles. The summed E-state index contributed by atoms with van der Waals surface area (Å²) in [7, 11) is 0. The summed E-state index contributed by atoms with van der Waals surface area (Å²) in [5.74, 6) is 0. The fraction of sp³-hybridized carbons (Fsp3) is 0. The number of benzene rings is 15. The third-order valence-electron chi connectivity index (χ3n) is 21.2. The molecule has 0 amide bonds. The van der Waals surface area contributed by atoms with E-state index in [0.717, 1.165) is 182 Å². The minimum atomic E-state index is 0.241. The molecule has 0 aliphatic heterocycles. The molecular formula is C94H50N8O3. The Kier molecular flexibility index (Phi) is 12.7. The average molecular weight is 1340 g/mol. The Balaban J connectivity index is 0.717. The van der Waals surface area contributed by atoms with Crippen molar-refractivity contribution in [2.24, 2.45) is 0 Å². The highest BCUT2D eigenvalue weighted by molar-refractivity contribution is 6.28. The number of hydrogen-bond donors (Lipinski definition) is 0. The summed E-state index contributed by atoms with van der Waals surface area (Å²) < 4.78 is 27.1. The number of fused-ring (bicyclic) bond motifs is 21. The molecule has 484 valence electrons. The molecule has 6 aromatic heterocycles. The third kappa shape index (κ3) is 8.68. The van der Waals surface area contributed by atoms with Crippen molar-refractivity contribution in [3.05, 3.63) is 326 Å². The summed E-state index contributed by atoms with van der Waals surface area (Å²) in [5, 5.41) is 54.5. The van der Waals surface area contributed by atoms with Crippen LogP contribution in [-0.2, 0) is 0 Å². The van der Waals surface area contributed by atoms with Crippen LogP contribution < -0.4 is 4.90 Å². The lowest BCUT2D eigenvalue weighted by molar-refractivity contribution is 0.672. The molecular weight excluding hydrogens is 1290 g/mol. The summed E-state index contributed by atoms with van der Waals surface area (Å²) in [5.41, 5.74) is 22.0. The summed E-state index contributed by atoms with van der Waals surface area (Å²) >= 11 is 0. The van der Waals surface area contributed by atoms with Gasteiger partial charge in [0.2, 0.25) is 0 Å². The zero-order valence-corrected chi connectivity index (χ0v) is 55.7. The van der Waals surface area contributed by atoms with Crippen LogP contribution in [0.4, 0.5) is 17.1 Å². The van der Waals surface area contributed by atoms with Crippen LogP contribution in [0.2, 0.25) is 0 Å². The molecule has 21 rings (SSSR count). The Morgan fingerprint density at radius 3 is 1.22 bits per heavy atom. The van der Waals surface area contributed by atoms with Gasteiger partial charge in [-0.3, -0.25) is 0 Å². The van der Waals surface area contributed by atoms with Gasteiger partial charge in [-0.2, -0.15) is 21.0 Å². The standard InChI is InChI=1S/C94H50N8O3/c95-51-55-26-38-77(63(46-55)53-97)100-79-42-34-66(50-75(79)90-81(100)43-35-71-68-21-8-12-25-87(68)105-94(71)90)99(64-17-5-2-6-18-64)65-19-13-16-59(47-65)57-27-29-58(30-28-57)61-31-39-78-73(49-61)88-82(44-36-70-67-20-7-10-23-85(67)103-92(70)88)101(78)84-41-33-62(52-96)76(54-98)91(84)102-80-40-32-60(56-14-3-1-4-15-56)48-74(80)89-83(102)45-37-72-69-22-9-11-24-86(69)104-93(72)89/h1-50H. The molecule has 0 unspecified atom stereocenters. The molecule has 0 fully saturated rings. The average Bonchev–Trinajstić information content (AvgIpc) is 1.55. The van der Waals surface area contributed by atoms with E-state index < -0.39 is 0 Å². The van der Waals surface area contributed by atoms with E-state index >= 15 is 0 Å². The van der Waals surface area contributed by atoms with Crippen molar-refractivity contribution < 1.29 is 13.3 Å². The first-order valence-electron chi connectivity index (χ1n) is 34.6. The van der Waals surface area contributed by atoms with Crippen molar-refractivity contribution in [1.82, 2.24) is 13.7 Å². The van der Waals surface area contributed by atoms with Gasteiger partial charge in [0, 0.05) is 65.5 Å². The van der Waals surface area contributed by atoms with Crippen molar-refractivity contribution in [3.8, 4) is 74.7 Å². The third-order valence-corrected chi connectivity index (χ3v) is 21.2. The van der Waals surface area contributed by atoms with E-state index in [1.807, 2.05) is 91.0 Å². The molecule has 11 heteroatoms. The van der Waals surface area contributed by atoms with Crippen molar-refractivity contribution in [1.29, 1.82) is 21.0 Å². The fourth-order valence-corrected chi connectivity index (χ4v) is 16.5. The molecule has 6 heterocycles. The number of furan rings is 3. The Labute approximate surface area is 597 Å². The second-order valence-corrected chi connectivity index (χ2v) is 26.7. The van der Waals surface area contributed by atoms with Gasteiger partial charge < -0.3 is 31.9 Å². The first-order valence-corrected chi connectivity index (χ1v) is 34.6. The molecule has 0 bridgehead atoms. The van der Waals surface area contributed by atoms with E-state index in [0.29, 0.717) is 28.2 Å². The largest absolute Gasteiger partial charge is 0.455 e. The van der Waals surface area contributed by atoms with Crippen LogP contribution in [0.25, 0.3) is 182 Å². The summed E-state index contributed by atoms with van der Waals surface area (Å²) in [6, 6.07) is 113. The maximum Gasteiger partial charge on any atom is 0.145 e. The Hall–Kier alpha value is -15.1. The molecule has 0 saturated heterocycles. The van der Waals surface area contributed by atoms with Crippen LogP contribution in [0.3, 0.4) is 0 Å². The molecule has 21 aromatic rings. The van der Waals surface area contributed by atoms with Gasteiger partial charge >= 0.3 is 0 Å². The first-order chi connectivity index (χ1) is 51.9. The van der Waals surface area contributed by atoms with E-state index in [-0.39, 0.29) is 11.1 Å². The first kappa shape index (κ1) is 58.8. The predicted octanol–water partition coefficient (Wildman–Crippen LogP) is 24.6. The molecule has 0 saturated carbocycles. The molecule has 0 aliphatic carbocycles. The van der Waals surface area contributed by atoms with Crippen LogP contribution in [0, 0.1) is 45.3 Å². The number of anilines is 3. The smallest absolute Gasteiger partial charge is 0.145 e. The van der Waals surface area contributed by atoms with Crippen molar-refractivity contribution in [3.63, 3.8) is 0 Å². The van der Waals surface area contributed by atoms with Gasteiger partial charge in [-0.15, -0.1) is 0 Å². The van der Waals surface area contributed by atoms with Crippen molar-refractivity contribution in [2.75, 3.05) is 4.90 Å². The van der Waals surface area contributed by atoms with Gasteiger partial charge in [-0.25, -0.2) is 0 Å². The molecule has 0 N–H and O–H groups in total. The Bertz CT molecular complexity index is 7520. The van der Waals surface area contributed by atoms with Gasteiger partial charge in [-0.1, -0.05) is 152 Å². The van der Waals surface area contributed by atoms with Crippen LogP contribution in [0.15, 0.2) is 317 Å². The number of nitrogens with zero attached hydrogens (tertiary/aromatic N) is 8. The van der Waals surface area contributed by atoms with Crippen LogP contribution >= 0.6 is 0 Å². The van der Waals surface area contributed by atoms with Gasteiger partial charge in [0.25, 0.3) is 0 Å². The van der Waals surface area contributed by atoms with E-state index in [4.69, 9.17) is 13.3 Å². The lowest BCUT2D eigenvalue weighted by atomic mass is 9.98. The maximum absolute atomic E-state index is 11.6. The van der Waals surface area contributed by atoms with E-state index in [2.05, 4.69) is 237 Å².